The number of nitrogen functional groups attached to an aromatic ring is 1. The summed E-state index contributed by atoms with van der Waals surface area (Å²) in [7, 11) is 0. The molecule has 2 rings (SSSR count). The van der Waals surface area contributed by atoms with E-state index in [1.165, 1.54) is 16.7 Å². The lowest BCUT2D eigenvalue weighted by molar-refractivity contribution is 1.01. The number of hydrogen-bond acceptors (Lipinski definition) is 2. The molecule has 0 atom stereocenters. The summed E-state index contributed by atoms with van der Waals surface area (Å²) in [6.45, 7) is 5.13. The molecule has 0 aliphatic heterocycles. The van der Waals surface area contributed by atoms with Gasteiger partial charge in [0.05, 0.1) is 11.4 Å². The fraction of sp³-hybridized carbons (Fsp3) is 0.294. The van der Waals surface area contributed by atoms with Crippen molar-refractivity contribution in [3.05, 3.63) is 59.2 Å². The summed E-state index contributed by atoms with van der Waals surface area (Å²) in [5.41, 5.74) is 11.8. The van der Waals surface area contributed by atoms with Gasteiger partial charge in [0.2, 0.25) is 0 Å². The van der Waals surface area contributed by atoms with E-state index >= 15 is 0 Å². The molecule has 0 aliphatic rings. The molecule has 0 amide bonds. The normalized spacial score (nSPS) is 10.4. The predicted octanol–water partition coefficient (Wildman–Crippen LogP) is 3.79. The number of nitrogens with one attached hydrogen (secondary N) is 1. The second-order valence-corrected chi connectivity index (χ2v) is 4.94. The Bertz CT molecular complexity index is 529. The molecule has 0 unspecified atom stereocenters. The van der Waals surface area contributed by atoms with Crippen LogP contribution in [0.3, 0.4) is 0 Å². The molecule has 0 bridgehead atoms. The maximum atomic E-state index is 5.98. The zero-order valence-electron chi connectivity index (χ0n) is 11.7. The van der Waals surface area contributed by atoms with Gasteiger partial charge < -0.3 is 11.1 Å². The van der Waals surface area contributed by atoms with E-state index in [1.54, 1.807) is 0 Å². The molecule has 0 aromatic heterocycles. The Hall–Kier alpha value is -1.96. The minimum absolute atomic E-state index is 0.821. The Balaban J connectivity index is 1.88. The maximum Gasteiger partial charge on any atom is 0.0574 e. The number of rotatable bonds is 5. The molecular weight excluding hydrogens is 232 g/mol. The fourth-order valence-corrected chi connectivity index (χ4v) is 2.13. The van der Waals surface area contributed by atoms with Crippen LogP contribution in [0.2, 0.25) is 0 Å². The van der Waals surface area contributed by atoms with Crippen LogP contribution in [0.1, 0.15) is 23.6 Å². The van der Waals surface area contributed by atoms with Crippen molar-refractivity contribution in [3.63, 3.8) is 0 Å². The zero-order valence-corrected chi connectivity index (χ0v) is 11.7. The van der Waals surface area contributed by atoms with Gasteiger partial charge in [-0.25, -0.2) is 0 Å². The first kappa shape index (κ1) is 13.5. The van der Waals surface area contributed by atoms with Crippen molar-refractivity contribution in [1.82, 2.24) is 0 Å². The van der Waals surface area contributed by atoms with Crippen molar-refractivity contribution >= 4 is 11.4 Å². The zero-order chi connectivity index (χ0) is 13.7. The van der Waals surface area contributed by atoms with Gasteiger partial charge in [0.25, 0.3) is 0 Å². The number of anilines is 2. The van der Waals surface area contributed by atoms with Gasteiger partial charge in [0.1, 0.15) is 0 Å². The van der Waals surface area contributed by atoms with Gasteiger partial charge in [-0.15, -0.1) is 0 Å². The molecule has 19 heavy (non-hydrogen) atoms. The van der Waals surface area contributed by atoms with Crippen LogP contribution in [0.5, 0.6) is 0 Å². The van der Waals surface area contributed by atoms with Gasteiger partial charge in [-0.1, -0.05) is 37.3 Å². The molecule has 2 nitrogen and oxygen atoms in total. The van der Waals surface area contributed by atoms with Crippen molar-refractivity contribution in [3.8, 4) is 0 Å². The minimum atomic E-state index is 0.821. The van der Waals surface area contributed by atoms with E-state index in [4.69, 9.17) is 5.73 Å². The third kappa shape index (κ3) is 3.75. The number of aryl methyl sites for hydroxylation is 2. The van der Waals surface area contributed by atoms with E-state index in [0.717, 1.165) is 30.8 Å². The van der Waals surface area contributed by atoms with Crippen molar-refractivity contribution in [1.29, 1.82) is 0 Å². The molecule has 2 aromatic rings. The van der Waals surface area contributed by atoms with Crippen molar-refractivity contribution < 1.29 is 0 Å². The summed E-state index contributed by atoms with van der Waals surface area (Å²) in [5.74, 6) is 0. The highest BCUT2D eigenvalue weighted by Gasteiger charge is 1.99. The molecule has 2 aromatic carbocycles. The second-order valence-electron chi connectivity index (χ2n) is 4.94. The molecule has 0 aliphatic carbocycles. The van der Waals surface area contributed by atoms with Gasteiger partial charge in [0.15, 0.2) is 0 Å². The Morgan fingerprint density at radius 1 is 1.00 bits per heavy atom. The first-order valence-electron chi connectivity index (χ1n) is 6.87. The largest absolute Gasteiger partial charge is 0.397 e. The van der Waals surface area contributed by atoms with E-state index in [2.05, 4.69) is 49.5 Å². The van der Waals surface area contributed by atoms with Gasteiger partial charge in [-0.2, -0.15) is 0 Å². The quantitative estimate of drug-likeness (QED) is 0.797. The first-order chi connectivity index (χ1) is 9.19. The minimum Gasteiger partial charge on any atom is -0.397 e. The van der Waals surface area contributed by atoms with E-state index < -0.39 is 0 Å². The Labute approximate surface area is 115 Å². The first-order valence-corrected chi connectivity index (χ1v) is 6.87. The SMILES string of the molecule is CCc1ccc(CCNc2ccc(C)cc2N)cc1. The lowest BCUT2D eigenvalue weighted by Crippen LogP contribution is -2.07. The molecule has 0 spiro atoms. The third-order valence-corrected chi connectivity index (χ3v) is 3.37. The summed E-state index contributed by atoms with van der Waals surface area (Å²) in [6, 6.07) is 14.9. The van der Waals surface area contributed by atoms with Crippen LogP contribution in [0.25, 0.3) is 0 Å². The molecule has 0 fully saturated rings. The second kappa shape index (κ2) is 6.28. The highest BCUT2D eigenvalue weighted by molar-refractivity contribution is 5.66. The van der Waals surface area contributed by atoms with E-state index in [-0.39, 0.29) is 0 Å². The molecule has 0 saturated carbocycles. The molecular formula is C17H22N2. The summed E-state index contributed by atoms with van der Waals surface area (Å²) in [5, 5.41) is 3.39. The maximum absolute atomic E-state index is 5.98. The fourth-order valence-electron chi connectivity index (χ4n) is 2.13. The van der Waals surface area contributed by atoms with Gasteiger partial charge in [-0.3, -0.25) is 0 Å². The molecule has 0 saturated heterocycles. The standard InChI is InChI=1S/C17H22N2/c1-3-14-5-7-15(8-6-14)10-11-19-17-9-4-13(2)12-16(17)18/h4-9,12,19H,3,10-11,18H2,1-2H3. The predicted molar refractivity (Wildman–Crippen MR) is 83.6 cm³/mol. The summed E-state index contributed by atoms with van der Waals surface area (Å²) in [4.78, 5) is 0. The molecule has 3 N–H and O–H groups in total. The van der Waals surface area contributed by atoms with Crippen LogP contribution in [0.15, 0.2) is 42.5 Å². The van der Waals surface area contributed by atoms with Gasteiger partial charge in [-0.05, 0) is 48.6 Å². The van der Waals surface area contributed by atoms with Crippen molar-refractivity contribution in [2.24, 2.45) is 0 Å². The van der Waals surface area contributed by atoms with Gasteiger partial charge >= 0.3 is 0 Å². The number of benzene rings is 2. The summed E-state index contributed by atoms with van der Waals surface area (Å²) < 4.78 is 0. The number of nitrogens with two attached hydrogens (primary N) is 1. The smallest absolute Gasteiger partial charge is 0.0574 e. The highest BCUT2D eigenvalue weighted by atomic mass is 14.9. The Morgan fingerprint density at radius 2 is 1.68 bits per heavy atom. The average Bonchev–Trinajstić information content (AvgIpc) is 2.42. The van der Waals surface area contributed by atoms with Crippen molar-refractivity contribution in [2.45, 2.75) is 26.7 Å². The third-order valence-electron chi connectivity index (χ3n) is 3.37. The monoisotopic (exact) mass is 254 g/mol. The average molecular weight is 254 g/mol. The highest BCUT2D eigenvalue weighted by Crippen LogP contribution is 2.19. The Morgan fingerprint density at radius 3 is 2.32 bits per heavy atom. The van der Waals surface area contributed by atoms with Crippen LogP contribution >= 0.6 is 0 Å². The van der Waals surface area contributed by atoms with E-state index in [1.807, 2.05) is 12.1 Å². The van der Waals surface area contributed by atoms with Crippen LogP contribution in [-0.4, -0.2) is 6.54 Å². The lowest BCUT2D eigenvalue weighted by atomic mass is 10.1. The number of hydrogen-bond donors (Lipinski definition) is 2. The molecule has 0 radical (unpaired) electrons. The van der Waals surface area contributed by atoms with E-state index in [9.17, 15) is 0 Å². The van der Waals surface area contributed by atoms with Crippen LogP contribution in [0, 0.1) is 6.92 Å². The molecule has 2 heteroatoms. The molecule has 100 valence electrons. The van der Waals surface area contributed by atoms with Crippen molar-refractivity contribution in [2.75, 3.05) is 17.6 Å². The van der Waals surface area contributed by atoms with Gasteiger partial charge in [0, 0.05) is 6.54 Å². The summed E-state index contributed by atoms with van der Waals surface area (Å²) in [6.07, 6.45) is 2.11. The van der Waals surface area contributed by atoms with Crippen LogP contribution in [-0.2, 0) is 12.8 Å². The molecule has 0 heterocycles. The summed E-state index contributed by atoms with van der Waals surface area (Å²) >= 11 is 0. The lowest BCUT2D eigenvalue weighted by Gasteiger charge is -2.10. The van der Waals surface area contributed by atoms with Crippen LogP contribution in [0.4, 0.5) is 11.4 Å². The van der Waals surface area contributed by atoms with Crippen LogP contribution < -0.4 is 11.1 Å². The topological polar surface area (TPSA) is 38.0 Å². The Kier molecular flexibility index (Phi) is 4.45. The van der Waals surface area contributed by atoms with E-state index in [0.29, 0.717) is 0 Å².